The van der Waals surface area contributed by atoms with Crippen molar-refractivity contribution < 1.29 is 14.8 Å². The Kier molecular flexibility index (Phi) is 29.7. The van der Waals surface area contributed by atoms with Crippen molar-refractivity contribution in [2.45, 2.75) is 90.8 Å². The molecule has 0 fully saturated rings. The molecule has 16 aromatic rings. The lowest BCUT2D eigenvalue weighted by molar-refractivity contribution is -0.384. The van der Waals surface area contributed by atoms with Crippen LogP contribution in [-0.4, -0.2) is 99.7 Å². The number of aromatic amines is 2. The van der Waals surface area contributed by atoms with Gasteiger partial charge in [-0.05, 0) is 163 Å². The van der Waals surface area contributed by atoms with E-state index in [0.29, 0.717) is 16.8 Å². The fourth-order valence-corrected chi connectivity index (χ4v) is 13.5. The molecule has 5 aromatic carbocycles. The van der Waals surface area contributed by atoms with E-state index in [-0.39, 0.29) is 26.9 Å². The number of aryl methyl sites for hydroxylation is 7. The minimum atomic E-state index is -0.402. The number of nitrogens with zero attached hydrogens (tertiary/aromatic N) is 15. The van der Waals surface area contributed by atoms with E-state index < -0.39 is 4.92 Å². The number of imidazole rings is 4. The van der Waals surface area contributed by atoms with Gasteiger partial charge in [0.1, 0.15) is 10.9 Å². The summed E-state index contributed by atoms with van der Waals surface area (Å²) in [5.41, 5.74) is 19.1. The highest BCUT2D eigenvalue weighted by atomic mass is 35.5. The number of fused-ring (bicyclic) bond motifs is 5. The molecule has 30 heteroatoms. The average Bonchev–Trinajstić information content (AvgIpc) is 1.68. The Bertz CT molecular complexity index is 5380. The first-order valence-corrected chi connectivity index (χ1v) is 38.2. The van der Waals surface area contributed by atoms with Gasteiger partial charge in [-0.1, -0.05) is 24.3 Å². The molecule has 0 spiro atoms. The van der Waals surface area contributed by atoms with Gasteiger partial charge in [0.15, 0.2) is 0 Å². The van der Waals surface area contributed by atoms with Crippen molar-refractivity contribution in [2.24, 2.45) is 10.7 Å². The number of halogens is 1. The van der Waals surface area contributed by atoms with Gasteiger partial charge in [0.2, 0.25) is 0 Å². The minimum Gasteiger partial charge on any atom is -0.399 e. The second-order valence-corrected chi connectivity index (χ2v) is 27.5. The first kappa shape index (κ1) is 78.4. The summed E-state index contributed by atoms with van der Waals surface area (Å²) >= 11 is 10.3. The lowest BCUT2D eigenvalue weighted by Crippen LogP contribution is -2.10. The van der Waals surface area contributed by atoms with E-state index in [2.05, 4.69) is 105 Å². The summed E-state index contributed by atoms with van der Waals surface area (Å²) in [6.07, 6.45) is 41.2. The lowest BCUT2D eigenvalue weighted by atomic mass is 10.2. The number of unbranched alkanes of at least 4 members (excludes halogenated alkanes) is 3. The van der Waals surface area contributed by atoms with Gasteiger partial charge in [0.05, 0.1) is 83.1 Å². The number of non-ortho nitro benzene ring substituents is 3. The molecule has 0 saturated heterocycles. The number of nitro benzene ring substituents is 3. The molecule has 26 nitrogen and oxygen atoms in total. The van der Waals surface area contributed by atoms with E-state index in [9.17, 15) is 30.3 Å². The van der Waals surface area contributed by atoms with Crippen LogP contribution in [0.5, 0.6) is 0 Å². The van der Waals surface area contributed by atoms with Crippen molar-refractivity contribution >= 4 is 140 Å². The number of benzene rings is 5. The highest BCUT2D eigenvalue weighted by Crippen LogP contribution is 2.27. The van der Waals surface area contributed by atoms with E-state index in [1.807, 2.05) is 145 Å². The molecule has 108 heavy (non-hydrogen) atoms. The molecule has 7 N–H and O–H groups in total. The standard InChI is InChI=1S/C19H19N5S.C15H16N4O2.C15H18N4.C12H13ClN2O2.C8H6N2O2.C6H7NS2.C3H4N2/c20-19(18-3-1-12-25-18)22-16-5-4-15-6-10-24(17(15)13-16)9-2-8-23-11-7-21-14-23;20-19(21)14-4-3-13-5-9-18(15(13)11-14)8-2-1-7-17-10-6-16-12-17;16-14-4-3-13-5-9-19(15(13)11-14)8-2-1-7-18-10-6-17-12-18;13-6-1-2-7-14-8-5-10-3-4-11(15(16)17)9-12(10)14;11-10(12)7-2-1-6-3-4-9-8(6)5-7;1-8-6(7)5-3-2-4-9-5;1-2-5-3-4-1/h1,3-7,10-14H,2,8-9H2,(H2,20,22);3-6,9-12H,1-2,7-8H2;3-6,9-12H,1-2,7-8,16H2;3-5,8-9H,1-2,6-7H2;1-5,9H;2-4,7H,1H3;1-3H,(H,4,5). The topological polar surface area (TPSA) is 335 Å². The first-order chi connectivity index (χ1) is 52.7. The van der Waals surface area contributed by atoms with Gasteiger partial charge >= 0.3 is 0 Å². The molecular formula is C78H83ClN20O6S3. The maximum Gasteiger partial charge on any atom is 0.271 e. The van der Waals surface area contributed by atoms with Gasteiger partial charge in [-0.3, -0.25) is 35.8 Å². The second kappa shape index (κ2) is 40.9. The number of alkyl halides is 1. The average molecular weight is 1530 g/mol. The molecule has 0 aliphatic rings. The quantitative estimate of drug-likeness (QED) is 0.00715. The summed E-state index contributed by atoms with van der Waals surface area (Å²) < 4.78 is 14.9. The minimum absolute atomic E-state index is 0.116. The number of thiophene rings is 2. The predicted molar refractivity (Wildman–Crippen MR) is 438 cm³/mol. The van der Waals surface area contributed by atoms with E-state index in [0.717, 1.165) is 145 Å². The third kappa shape index (κ3) is 23.4. The highest BCUT2D eigenvalue weighted by Gasteiger charge is 2.13. The number of thioether (sulfide) groups is 1. The van der Waals surface area contributed by atoms with Crippen molar-refractivity contribution in [3.05, 3.63) is 302 Å². The normalized spacial score (nSPS) is 10.9. The van der Waals surface area contributed by atoms with Crippen LogP contribution in [0.15, 0.2) is 267 Å². The van der Waals surface area contributed by atoms with Crippen LogP contribution in [0, 0.1) is 35.8 Å². The first-order valence-electron chi connectivity index (χ1n) is 34.7. The van der Waals surface area contributed by atoms with Crippen molar-refractivity contribution in [2.75, 3.05) is 17.9 Å². The Morgan fingerprint density at radius 1 is 0.500 bits per heavy atom. The zero-order valence-electron chi connectivity index (χ0n) is 59.3. The van der Waals surface area contributed by atoms with E-state index in [4.69, 9.17) is 28.5 Å². The van der Waals surface area contributed by atoms with E-state index in [1.165, 1.54) is 51.8 Å². The molecular weight excluding hydrogens is 1440 g/mol. The molecule has 0 radical (unpaired) electrons. The smallest absolute Gasteiger partial charge is 0.271 e. The summed E-state index contributed by atoms with van der Waals surface area (Å²) in [6.45, 7) is 6.62. The Labute approximate surface area is 639 Å². The van der Waals surface area contributed by atoms with Crippen LogP contribution in [0.3, 0.4) is 0 Å². The molecule has 16 rings (SSSR count). The molecule has 0 amide bonds. The molecule has 0 bridgehead atoms. The number of hydrogen-bond acceptors (Lipinski definition) is 16. The molecule has 0 atom stereocenters. The Hall–Kier alpha value is -12.2. The van der Waals surface area contributed by atoms with E-state index >= 15 is 0 Å². The van der Waals surface area contributed by atoms with Crippen molar-refractivity contribution in [1.82, 2.24) is 61.9 Å². The molecule has 0 aliphatic carbocycles. The van der Waals surface area contributed by atoms with Gasteiger partial charge in [-0.25, -0.2) is 24.9 Å². The zero-order valence-corrected chi connectivity index (χ0v) is 62.6. The number of nitrogens with one attached hydrogen (secondary N) is 3. The number of nitro groups is 3. The van der Waals surface area contributed by atoms with Crippen LogP contribution < -0.4 is 11.5 Å². The summed E-state index contributed by atoms with van der Waals surface area (Å²) in [7, 11) is 0. The zero-order chi connectivity index (χ0) is 75.8. The van der Waals surface area contributed by atoms with Crippen LogP contribution in [0.4, 0.5) is 28.4 Å². The SMILES string of the molecule is CSC(=N)c1cccs1.NC(=Nc1ccc2ccn(CCCn3ccnc3)c2c1)c1cccs1.Nc1ccc2ccn(CCCCn3ccnc3)c2c1.O=[N+]([O-])c1ccc2cc[nH]c2c1.O=[N+]([O-])c1ccc2ccn(CCCCCl)c2c1.O=[N+]([O-])c1ccc2ccn(CCCCn3ccnc3)c2c1.c1c[nH]cn1. The number of nitrogen functional groups attached to an aromatic ring is 1. The van der Waals surface area contributed by atoms with E-state index in [1.54, 1.807) is 90.2 Å². The fraction of sp³-hybridized carbons (Fsp3) is 0.205. The summed E-state index contributed by atoms with van der Waals surface area (Å²) in [5.74, 6) is 1.21. The largest absolute Gasteiger partial charge is 0.399 e. The van der Waals surface area contributed by atoms with Gasteiger partial charge in [-0.15, -0.1) is 46.0 Å². The van der Waals surface area contributed by atoms with Gasteiger partial charge < -0.3 is 53.4 Å². The number of rotatable bonds is 24. The summed E-state index contributed by atoms with van der Waals surface area (Å²) in [4.78, 5) is 58.9. The highest BCUT2D eigenvalue weighted by molar-refractivity contribution is 8.14. The van der Waals surface area contributed by atoms with Gasteiger partial charge in [-0.2, -0.15) is 0 Å². The Morgan fingerprint density at radius 3 is 1.39 bits per heavy atom. The van der Waals surface area contributed by atoms with Crippen LogP contribution in [0.2, 0.25) is 0 Å². The Morgan fingerprint density at radius 2 is 0.944 bits per heavy atom. The third-order valence-corrected chi connectivity index (χ3v) is 19.8. The number of hydrogen-bond donors (Lipinski definition) is 5. The van der Waals surface area contributed by atoms with Crippen LogP contribution in [0.1, 0.15) is 54.7 Å². The van der Waals surface area contributed by atoms with Crippen LogP contribution >= 0.6 is 46.0 Å². The monoisotopic (exact) mass is 1530 g/mol. The molecule has 556 valence electrons. The van der Waals surface area contributed by atoms with Gasteiger partial charge in [0.25, 0.3) is 17.1 Å². The molecule has 0 unspecified atom stereocenters. The van der Waals surface area contributed by atoms with Crippen molar-refractivity contribution in [3.63, 3.8) is 0 Å². The predicted octanol–water partition coefficient (Wildman–Crippen LogP) is 18.6. The van der Waals surface area contributed by atoms with Crippen LogP contribution in [-0.2, 0) is 45.8 Å². The number of H-pyrrole nitrogens is 2. The molecule has 0 saturated carbocycles. The van der Waals surface area contributed by atoms with Gasteiger partial charge in [0, 0.05) is 185 Å². The van der Waals surface area contributed by atoms with Crippen LogP contribution in [0.25, 0.3) is 54.5 Å². The van der Waals surface area contributed by atoms with Crippen molar-refractivity contribution in [1.29, 1.82) is 5.41 Å². The maximum absolute atomic E-state index is 10.9. The lowest BCUT2D eigenvalue weighted by Gasteiger charge is -2.07. The molecule has 0 aliphatic heterocycles. The maximum atomic E-state index is 10.9. The number of anilines is 1. The molecule has 11 aromatic heterocycles. The number of nitrogens with two attached hydrogens (primary N) is 2. The van der Waals surface area contributed by atoms with Crippen molar-refractivity contribution in [3.8, 4) is 0 Å². The summed E-state index contributed by atoms with van der Waals surface area (Å²) in [5, 5.41) is 49.5. The third-order valence-electron chi connectivity index (χ3n) is 17.0. The Balaban J connectivity index is 0.000000139. The fourth-order valence-electron chi connectivity index (χ4n) is 11.5. The second-order valence-electron chi connectivity index (χ2n) is 24.4. The number of amidine groups is 1. The molecule has 11 heterocycles. The number of aliphatic imine (C=N–C) groups is 1. The number of aromatic nitrogens is 13. The summed E-state index contributed by atoms with van der Waals surface area (Å²) in [6, 6.07) is 45.0.